The standard InChI is InChI=1S/C9H11ClO/c1-2-9(10)7-5-3-4-6(7)8(9)11/h3,5-7H,2,4H2,1H3/t6-,7+,9+/m0/s1. The maximum absolute atomic E-state index is 11.4. The Bertz CT molecular complexity index is 234. The van der Waals surface area contributed by atoms with Crippen LogP contribution in [0, 0.1) is 11.8 Å². The van der Waals surface area contributed by atoms with Crippen LogP contribution in [0.4, 0.5) is 0 Å². The molecule has 2 aliphatic carbocycles. The van der Waals surface area contributed by atoms with Crippen LogP contribution in [0.5, 0.6) is 0 Å². The maximum atomic E-state index is 11.4. The molecule has 0 bridgehead atoms. The van der Waals surface area contributed by atoms with Gasteiger partial charge in [-0.05, 0) is 12.8 Å². The summed E-state index contributed by atoms with van der Waals surface area (Å²) in [4.78, 5) is 10.9. The molecule has 3 atom stereocenters. The molecule has 0 aliphatic heterocycles. The van der Waals surface area contributed by atoms with Crippen LogP contribution in [0.15, 0.2) is 12.2 Å². The summed E-state index contributed by atoms with van der Waals surface area (Å²) in [6.07, 6.45) is 5.85. The van der Waals surface area contributed by atoms with E-state index in [1.165, 1.54) is 0 Å². The summed E-state index contributed by atoms with van der Waals surface area (Å²) >= 11 is 6.14. The Hall–Kier alpha value is -0.300. The number of carbonyl (C=O) groups is 1. The molecule has 0 aromatic carbocycles. The van der Waals surface area contributed by atoms with Crippen molar-refractivity contribution in [2.24, 2.45) is 11.8 Å². The Morgan fingerprint density at radius 3 is 3.18 bits per heavy atom. The zero-order chi connectivity index (χ0) is 8.06. The van der Waals surface area contributed by atoms with Gasteiger partial charge in [0.25, 0.3) is 0 Å². The topological polar surface area (TPSA) is 17.1 Å². The van der Waals surface area contributed by atoms with Crippen molar-refractivity contribution in [3.05, 3.63) is 12.2 Å². The fourth-order valence-corrected chi connectivity index (χ4v) is 2.55. The molecule has 0 saturated heterocycles. The van der Waals surface area contributed by atoms with Crippen LogP contribution < -0.4 is 0 Å². The molecule has 0 heterocycles. The Morgan fingerprint density at radius 2 is 2.55 bits per heavy atom. The molecule has 0 aromatic rings. The summed E-state index contributed by atoms with van der Waals surface area (Å²) in [7, 11) is 0. The molecule has 0 spiro atoms. The van der Waals surface area contributed by atoms with Gasteiger partial charge in [-0.1, -0.05) is 19.1 Å². The van der Waals surface area contributed by atoms with Crippen LogP contribution in [-0.2, 0) is 4.79 Å². The zero-order valence-electron chi connectivity index (χ0n) is 6.51. The van der Waals surface area contributed by atoms with Crippen molar-refractivity contribution in [2.75, 3.05) is 0 Å². The van der Waals surface area contributed by atoms with Gasteiger partial charge in [0.1, 0.15) is 4.87 Å². The number of hydrogen-bond acceptors (Lipinski definition) is 1. The van der Waals surface area contributed by atoms with E-state index in [0.717, 1.165) is 12.8 Å². The normalized spacial score (nSPS) is 47.3. The van der Waals surface area contributed by atoms with Gasteiger partial charge in [-0.25, -0.2) is 0 Å². The Morgan fingerprint density at radius 1 is 1.82 bits per heavy atom. The highest BCUT2D eigenvalue weighted by atomic mass is 35.5. The van der Waals surface area contributed by atoms with Gasteiger partial charge in [0, 0.05) is 11.8 Å². The average Bonchev–Trinajstić information content (AvgIpc) is 2.48. The number of carbonyl (C=O) groups excluding carboxylic acids is 1. The van der Waals surface area contributed by atoms with Crippen molar-refractivity contribution in [1.82, 2.24) is 0 Å². The summed E-state index contributed by atoms with van der Waals surface area (Å²) in [6.45, 7) is 1.98. The molecule has 2 aliphatic rings. The van der Waals surface area contributed by atoms with Crippen LogP contribution in [-0.4, -0.2) is 10.7 Å². The summed E-state index contributed by atoms with van der Waals surface area (Å²) in [5, 5.41) is 0. The lowest BCUT2D eigenvalue weighted by Gasteiger charge is -2.45. The van der Waals surface area contributed by atoms with Crippen molar-refractivity contribution >= 4 is 17.4 Å². The molecule has 11 heavy (non-hydrogen) atoms. The second-order valence-electron chi connectivity index (χ2n) is 3.38. The van der Waals surface area contributed by atoms with E-state index in [9.17, 15) is 4.79 Å². The van der Waals surface area contributed by atoms with E-state index in [4.69, 9.17) is 11.6 Å². The molecule has 1 fully saturated rings. The minimum atomic E-state index is -0.530. The number of Topliss-reactive ketones (excluding diaryl/α,β-unsaturated/α-hetero) is 1. The molecule has 0 aromatic heterocycles. The molecule has 0 amide bonds. The number of rotatable bonds is 1. The highest BCUT2D eigenvalue weighted by Gasteiger charge is 2.59. The first-order valence-electron chi connectivity index (χ1n) is 4.10. The number of alkyl halides is 1. The highest BCUT2D eigenvalue weighted by molar-refractivity contribution is 6.38. The third kappa shape index (κ3) is 0.698. The van der Waals surface area contributed by atoms with Gasteiger partial charge in [0.15, 0.2) is 5.78 Å². The monoisotopic (exact) mass is 170 g/mol. The lowest BCUT2D eigenvalue weighted by atomic mass is 9.63. The molecule has 0 N–H and O–H groups in total. The number of fused-ring (bicyclic) bond motifs is 1. The quantitative estimate of drug-likeness (QED) is 0.436. The van der Waals surface area contributed by atoms with Gasteiger partial charge < -0.3 is 0 Å². The van der Waals surface area contributed by atoms with E-state index < -0.39 is 4.87 Å². The second-order valence-corrected chi connectivity index (χ2v) is 4.05. The van der Waals surface area contributed by atoms with Gasteiger partial charge in [-0.2, -0.15) is 0 Å². The van der Waals surface area contributed by atoms with Gasteiger partial charge in [0.2, 0.25) is 0 Å². The predicted octanol–water partition coefficient (Wildman–Crippen LogP) is 2.15. The maximum Gasteiger partial charge on any atom is 0.158 e. The summed E-state index contributed by atoms with van der Waals surface area (Å²) in [5.74, 6) is 0.825. The van der Waals surface area contributed by atoms with Crippen molar-refractivity contribution in [3.8, 4) is 0 Å². The third-order valence-electron chi connectivity index (χ3n) is 2.96. The van der Waals surface area contributed by atoms with Crippen molar-refractivity contribution < 1.29 is 4.79 Å². The van der Waals surface area contributed by atoms with Crippen LogP contribution >= 0.6 is 11.6 Å². The Balaban J connectivity index is 2.26. The van der Waals surface area contributed by atoms with E-state index in [2.05, 4.69) is 12.2 Å². The predicted molar refractivity (Wildman–Crippen MR) is 44.6 cm³/mol. The van der Waals surface area contributed by atoms with Gasteiger partial charge in [-0.15, -0.1) is 11.6 Å². The highest BCUT2D eigenvalue weighted by Crippen LogP contribution is 2.52. The van der Waals surface area contributed by atoms with Crippen molar-refractivity contribution in [3.63, 3.8) is 0 Å². The lowest BCUT2D eigenvalue weighted by molar-refractivity contribution is -0.136. The average molecular weight is 171 g/mol. The molecule has 1 nitrogen and oxygen atoms in total. The molecule has 2 heteroatoms. The molecule has 60 valence electrons. The first-order valence-corrected chi connectivity index (χ1v) is 4.48. The smallest absolute Gasteiger partial charge is 0.158 e. The number of ketones is 1. The number of halogens is 1. The number of allylic oxidation sites excluding steroid dienone is 2. The fourth-order valence-electron chi connectivity index (χ4n) is 2.18. The minimum Gasteiger partial charge on any atom is -0.297 e. The van der Waals surface area contributed by atoms with Crippen LogP contribution in [0.2, 0.25) is 0 Å². The first kappa shape index (κ1) is 7.35. The fraction of sp³-hybridized carbons (Fsp3) is 0.667. The molecular formula is C9H11ClO. The molecular weight excluding hydrogens is 160 g/mol. The minimum absolute atomic E-state index is 0.229. The van der Waals surface area contributed by atoms with E-state index in [-0.39, 0.29) is 11.7 Å². The Labute approximate surface area is 71.4 Å². The molecule has 2 rings (SSSR count). The van der Waals surface area contributed by atoms with Gasteiger partial charge >= 0.3 is 0 Å². The SMILES string of the molecule is CC[C@]1(Cl)C(=O)[C@H]2CC=C[C@H]21. The van der Waals surface area contributed by atoms with E-state index >= 15 is 0 Å². The van der Waals surface area contributed by atoms with Gasteiger partial charge in [0.05, 0.1) is 0 Å². The summed E-state index contributed by atoms with van der Waals surface area (Å²) in [5.41, 5.74) is 0. The van der Waals surface area contributed by atoms with Gasteiger partial charge in [-0.3, -0.25) is 4.79 Å². The van der Waals surface area contributed by atoms with Crippen LogP contribution in [0.25, 0.3) is 0 Å². The lowest BCUT2D eigenvalue weighted by Crippen LogP contribution is -2.57. The van der Waals surface area contributed by atoms with E-state index in [1.807, 2.05) is 6.92 Å². The van der Waals surface area contributed by atoms with Crippen molar-refractivity contribution in [1.29, 1.82) is 0 Å². The Kier molecular flexibility index (Phi) is 1.40. The molecule has 1 saturated carbocycles. The second kappa shape index (κ2) is 2.10. The molecule has 0 unspecified atom stereocenters. The summed E-state index contributed by atoms with van der Waals surface area (Å²) in [6, 6.07) is 0. The molecule has 0 radical (unpaired) electrons. The zero-order valence-corrected chi connectivity index (χ0v) is 7.27. The third-order valence-corrected chi connectivity index (χ3v) is 3.66. The largest absolute Gasteiger partial charge is 0.297 e. The van der Waals surface area contributed by atoms with Crippen LogP contribution in [0.1, 0.15) is 19.8 Å². The van der Waals surface area contributed by atoms with Crippen LogP contribution in [0.3, 0.4) is 0 Å². The van der Waals surface area contributed by atoms with Crippen molar-refractivity contribution in [2.45, 2.75) is 24.6 Å². The number of hydrogen-bond donors (Lipinski definition) is 0. The van der Waals surface area contributed by atoms with E-state index in [1.54, 1.807) is 0 Å². The summed E-state index contributed by atoms with van der Waals surface area (Å²) < 4.78 is 0. The first-order chi connectivity index (χ1) is 5.20. The van der Waals surface area contributed by atoms with E-state index in [0.29, 0.717) is 5.92 Å².